The van der Waals surface area contributed by atoms with E-state index < -0.39 is 0 Å². The number of rotatable bonds is 5. The number of likely N-dealkylation sites (N-methyl/N-ethyl adjacent to an activating group) is 1. The molecule has 0 aliphatic rings. The van der Waals surface area contributed by atoms with E-state index in [0.29, 0.717) is 12.4 Å². The van der Waals surface area contributed by atoms with Gasteiger partial charge in [0.2, 0.25) is 0 Å². The van der Waals surface area contributed by atoms with Crippen LogP contribution in [0.3, 0.4) is 0 Å². The van der Waals surface area contributed by atoms with Crippen molar-refractivity contribution in [3.05, 3.63) is 11.9 Å². The maximum atomic E-state index is 9.06. The first-order valence-electron chi connectivity index (χ1n) is 6.14. The summed E-state index contributed by atoms with van der Waals surface area (Å²) in [5.41, 5.74) is 2.41. The Balaban J connectivity index is 3.18. The van der Waals surface area contributed by atoms with Crippen LogP contribution in [-0.2, 0) is 5.41 Å². The summed E-state index contributed by atoms with van der Waals surface area (Å²) in [7, 11) is 0. The first-order chi connectivity index (χ1) is 8.42. The Kier molecular flexibility index (Phi) is 4.86. The zero-order chi connectivity index (χ0) is 13.8. The molecule has 1 aromatic rings. The zero-order valence-corrected chi connectivity index (χ0v) is 11.6. The van der Waals surface area contributed by atoms with E-state index in [-0.39, 0.29) is 12.0 Å². The summed E-state index contributed by atoms with van der Waals surface area (Å²) in [6.45, 7) is 9.57. The molecule has 102 valence electrons. The molecular formula is C12H23N5O. The molecule has 0 spiro atoms. The van der Waals surface area contributed by atoms with E-state index in [1.54, 1.807) is 6.07 Å². The van der Waals surface area contributed by atoms with Crippen LogP contribution in [0.4, 0.5) is 11.6 Å². The van der Waals surface area contributed by atoms with Crippen LogP contribution in [0, 0.1) is 0 Å². The molecule has 0 radical (unpaired) electrons. The number of aromatic nitrogens is 2. The number of hydrogen-bond donors (Lipinski definition) is 3. The molecule has 1 rings (SSSR count). The van der Waals surface area contributed by atoms with Crippen molar-refractivity contribution in [1.82, 2.24) is 9.97 Å². The minimum atomic E-state index is -0.153. The second kappa shape index (κ2) is 5.97. The van der Waals surface area contributed by atoms with Crippen molar-refractivity contribution < 1.29 is 5.11 Å². The second-order valence-electron chi connectivity index (χ2n) is 5.13. The van der Waals surface area contributed by atoms with E-state index in [1.807, 2.05) is 11.8 Å². The van der Waals surface area contributed by atoms with Crippen LogP contribution in [0.25, 0.3) is 0 Å². The van der Waals surface area contributed by atoms with Crippen LogP contribution in [0.2, 0.25) is 0 Å². The molecule has 0 unspecified atom stereocenters. The quantitative estimate of drug-likeness (QED) is 0.533. The topological polar surface area (TPSA) is 87.3 Å². The fourth-order valence-corrected chi connectivity index (χ4v) is 1.56. The first kappa shape index (κ1) is 14.7. The van der Waals surface area contributed by atoms with E-state index in [9.17, 15) is 0 Å². The van der Waals surface area contributed by atoms with Gasteiger partial charge in [-0.2, -0.15) is 0 Å². The Labute approximate surface area is 108 Å². The highest BCUT2D eigenvalue weighted by Gasteiger charge is 2.20. The van der Waals surface area contributed by atoms with Gasteiger partial charge in [0.1, 0.15) is 17.5 Å². The van der Waals surface area contributed by atoms with E-state index in [1.165, 1.54) is 0 Å². The van der Waals surface area contributed by atoms with Crippen LogP contribution < -0.4 is 16.2 Å². The highest BCUT2D eigenvalue weighted by molar-refractivity contribution is 5.49. The number of nitrogens with two attached hydrogens (primary N) is 1. The molecule has 6 nitrogen and oxygen atoms in total. The van der Waals surface area contributed by atoms with E-state index in [4.69, 9.17) is 10.9 Å². The van der Waals surface area contributed by atoms with Crippen molar-refractivity contribution in [2.75, 3.05) is 30.0 Å². The van der Waals surface area contributed by atoms with Crippen LogP contribution in [0.5, 0.6) is 0 Å². The van der Waals surface area contributed by atoms with Crippen molar-refractivity contribution in [1.29, 1.82) is 0 Å². The van der Waals surface area contributed by atoms with Gasteiger partial charge in [-0.25, -0.2) is 15.8 Å². The third-order valence-electron chi connectivity index (χ3n) is 2.61. The highest BCUT2D eigenvalue weighted by atomic mass is 16.3. The molecule has 0 fully saturated rings. The summed E-state index contributed by atoms with van der Waals surface area (Å²) in [4.78, 5) is 10.9. The van der Waals surface area contributed by atoms with Gasteiger partial charge in [-0.05, 0) is 6.92 Å². The number of anilines is 2. The molecule has 0 bridgehead atoms. The molecule has 18 heavy (non-hydrogen) atoms. The standard InChI is InChI=1S/C12H23N5O/c1-5-17(6-7-18)10-8-9(16-13)14-11(15-10)12(2,3)4/h8,18H,5-7,13H2,1-4H3,(H,14,15,16). The molecule has 0 saturated carbocycles. The highest BCUT2D eigenvalue weighted by Crippen LogP contribution is 2.23. The van der Waals surface area contributed by atoms with Gasteiger partial charge in [-0.15, -0.1) is 0 Å². The van der Waals surface area contributed by atoms with Gasteiger partial charge in [0.25, 0.3) is 0 Å². The number of aliphatic hydroxyl groups is 1. The molecular weight excluding hydrogens is 230 g/mol. The molecule has 0 saturated heterocycles. The molecule has 0 aliphatic carbocycles. The fourth-order valence-electron chi connectivity index (χ4n) is 1.56. The van der Waals surface area contributed by atoms with Gasteiger partial charge in [-0.3, -0.25) is 0 Å². The van der Waals surface area contributed by atoms with E-state index in [2.05, 4.69) is 36.2 Å². The maximum Gasteiger partial charge on any atom is 0.145 e. The second-order valence-corrected chi connectivity index (χ2v) is 5.13. The average molecular weight is 253 g/mol. The van der Waals surface area contributed by atoms with Crippen LogP contribution >= 0.6 is 0 Å². The molecule has 0 amide bonds. The lowest BCUT2D eigenvalue weighted by Gasteiger charge is -2.24. The maximum absolute atomic E-state index is 9.06. The summed E-state index contributed by atoms with van der Waals surface area (Å²) in [5.74, 6) is 7.53. The molecule has 4 N–H and O–H groups in total. The summed E-state index contributed by atoms with van der Waals surface area (Å²) >= 11 is 0. The lowest BCUT2D eigenvalue weighted by molar-refractivity contribution is 0.302. The summed E-state index contributed by atoms with van der Waals surface area (Å²) in [6.07, 6.45) is 0. The number of nitrogen functional groups attached to an aromatic ring is 1. The Morgan fingerprint density at radius 3 is 2.50 bits per heavy atom. The first-order valence-corrected chi connectivity index (χ1v) is 6.14. The van der Waals surface area contributed by atoms with Gasteiger partial charge in [0.15, 0.2) is 0 Å². The van der Waals surface area contributed by atoms with Crippen LogP contribution in [-0.4, -0.2) is 34.8 Å². The Morgan fingerprint density at radius 1 is 1.39 bits per heavy atom. The van der Waals surface area contributed by atoms with Crippen molar-refractivity contribution >= 4 is 11.6 Å². The van der Waals surface area contributed by atoms with E-state index in [0.717, 1.165) is 18.2 Å². The molecule has 0 aliphatic heterocycles. The van der Waals surface area contributed by atoms with Crippen molar-refractivity contribution in [2.45, 2.75) is 33.1 Å². The minimum Gasteiger partial charge on any atom is -0.395 e. The van der Waals surface area contributed by atoms with Crippen molar-refractivity contribution in [3.8, 4) is 0 Å². The normalized spacial score (nSPS) is 11.4. The number of nitrogens with one attached hydrogen (secondary N) is 1. The van der Waals surface area contributed by atoms with E-state index >= 15 is 0 Å². The Bertz CT molecular complexity index is 389. The summed E-state index contributed by atoms with van der Waals surface area (Å²) in [5, 5.41) is 9.06. The smallest absolute Gasteiger partial charge is 0.145 e. The predicted molar refractivity (Wildman–Crippen MR) is 73.5 cm³/mol. The SMILES string of the molecule is CCN(CCO)c1cc(NN)nc(C(C)(C)C)n1. The summed E-state index contributed by atoms with van der Waals surface area (Å²) < 4.78 is 0. The molecule has 0 aromatic carbocycles. The third kappa shape index (κ3) is 3.54. The lowest BCUT2D eigenvalue weighted by Crippen LogP contribution is -2.29. The summed E-state index contributed by atoms with van der Waals surface area (Å²) in [6, 6.07) is 1.79. The Hall–Kier alpha value is -1.40. The van der Waals surface area contributed by atoms with Crippen molar-refractivity contribution in [2.24, 2.45) is 5.84 Å². The number of hydrogen-bond acceptors (Lipinski definition) is 6. The average Bonchev–Trinajstić information content (AvgIpc) is 2.34. The number of hydrazine groups is 1. The third-order valence-corrected chi connectivity index (χ3v) is 2.61. The van der Waals surface area contributed by atoms with Gasteiger partial charge in [0.05, 0.1) is 6.61 Å². The van der Waals surface area contributed by atoms with Gasteiger partial charge >= 0.3 is 0 Å². The number of nitrogens with zero attached hydrogens (tertiary/aromatic N) is 3. The monoisotopic (exact) mass is 253 g/mol. The van der Waals surface area contributed by atoms with Crippen LogP contribution in [0.1, 0.15) is 33.5 Å². The van der Waals surface area contributed by atoms with Gasteiger partial charge in [0, 0.05) is 24.6 Å². The van der Waals surface area contributed by atoms with Crippen LogP contribution in [0.15, 0.2) is 6.07 Å². The van der Waals surface area contributed by atoms with Gasteiger partial charge in [-0.1, -0.05) is 20.8 Å². The molecule has 1 heterocycles. The zero-order valence-electron chi connectivity index (χ0n) is 11.6. The Morgan fingerprint density at radius 2 is 2.06 bits per heavy atom. The lowest BCUT2D eigenvalue weighted by atomic mass is 9.96. The molecule has 0 atom stereocenters. The van der Waals surface area contributed by atoms with Gasteiger partial charge < -0.3 is 15.4 Å². The van der Waals surface area contributed by atoms with Crippen molar-refractivity contribution in [3.63, 3.8) is 0 Å². The fraction of sp³-hybridized carbons (Fsp3) is 0.667. The molecule has 6 heteroatoms. The molecule has 1 aromatic heterocycles. The predicted octanol–water partition coefficient (Wildman–Crippen LogP) is 0.878. The number of aliphatic hydroxyl groups excluding tert-OH is 1. The largest absolute Gasteiger partial charge is 0.395 e. The minimum absolute atomic E-state index is 0.0914.